The molecule has 2 aromatic carbocycles. The van der Waals surface area contributed by atoms with Crippen LogP contribution in [0, 0.1) is 5.92 Å². The quantitative estimate of drug-likeness (QED) is 0.891. The van der Waals surface area contributed by atoms with Crippen molar-refractivity contribution >= 4 is 11.9 Å². The number of carbonyl (C=O) groups excluding carboxylic acids is 1. The lowest BCUT2D eigenvalue weighted by Gasteiger charge is -2.35. The first kappa shape index (κ1) is 16.4. The average molecular weight is 363 g/mol. The number of rotatable bonds is 2. The number of benzene rings is 2. The molecule has 0 aromatic heterocycles. The van der Waals surface area contributed by atoms with Crippen LogP contribution in [0.5, 0.6) is 5.75 Å². The van der Waals surface area contributed by atoms with Gasteiger partial charge in [0.05, 0.1) is 6.61 Å². The highest BCUT2D eigenvalue weighted by molar-refractivity contribution is 5.89. The van der Waals surface area contributed by atoms with Crippen LogP contribution in [0.1, 0.15) is 29.5 Å². The van der Waals surface area contributed by atoms with Gasteiger partial charge < -0.3 is 14.7 Å². The van der Waals surface area contributed by atoms with E-state index in [4.69, 9.17) is 4.74 Å². The van der Waals surface area contributed by atoms with Gasteiger partial charge in [-0.3, -0.25) is 4.79 Å². The molecule has 138 valence electrons. The van der Waals surface area contributed by atoms with Crippen LogP contribution in [-0.4, -0.2) is 34.5 Å². The third kappa shape index (κ3) is 2.45. The number of ether oxygens (including phenoxy) is 1. The number of nitrogens with zero attached hydrogens (tertiary/aromatic N) is 1. The predicted molar refractivity (Wildman–Crippen MR) is 98.5 cm³/mol. The van der Waals surface area contributed by atoms with Crippen LogP contribution < -0.4 is 4.74 Å². The fourth-order valence-electron chi connectivity index (χ4n) is 4.86. The molecular formula is C22H21NO4. The largest absolute Gasteiger partial charge is 0.493 e. The Kier molecular flexibility index (Phi) is 3.54. The lowest BCUT2D eigenvalue weighted by molar-refractivity contribution is -0.152. The molecule has 1 spiro atoms. The molecule has 1 amide bonds. The van der Waals surface area contributed by atoms with Crippen LogP contribution in [0.2, 0.25) is 0 Å². The summed E-state index contributed by atoms with van der Waals surface area (Å²) in [7, 11) is 0. The molecule has 1 unspecified atom stereocenters. The summed E-state index contributed by atoms with van der Waals surface area (Å²) in [6.07, 6.45) is 1.95. The van der Waals surface area contributed by atoms with Gasteiger partial charge in [0.1, 0.15) is 11.8 Å². The van der Waals surface area contributed by atoms with Gasteiger partial charge in [0, 0.05) is 29.9 Å². The Bertz CT molecular complexity index is 939. The van der Waals surface area contributed by atoms with Crippen LogP contribution in [-0.2, 0) is 28.0 Å². The summed E-state index contributed by atoms with van der Waals surface area (Å²) in [5, 5.41) is 9.73. The first-order chi connectivity index (χ1) is 13.1. The number of amides is 1. The zero-order valence-corrected chi connectivity index (χ0v) is 14.9. The zero-order chi connectivity index (χ0) is 18.6. The normalized spacial score (nSPS) is 28.1. The zero-order valence-electron chi connectivity index (χ0n) is 14.9. The van der Waals surface area contributed by atoms with Gasteiger partial charge >= 0.3 is 5.97 Å². The average Bonchev–Trinajstić information content (AvgIpc) is 3.41. The molecule has 0 saturated heterocycles. The van der Waals surface area contributed by atoms with E-state index in [9.17, 15) is 14.7 Å². The Labute approximate surface area is 157 Å². The van der Waals surface area contributed by atoms with Crippen LogP contribution in [0.3, 0.4) is 0 Å². The Morgan fingerprint density at radius 2 is 1.81 bits per heavy atom. The number of hydrogen-bond acceptors (Lipinski definition) is 3. The molecule has 2 aromatic rings. The van der Waals surface area contributed by atoms with Crippen LogP contribution >= 0.6 is 0 Å². The molecule has 0 radical (unpaired) electrons. The van der Waals surface area contributed by atoms with E-state index in [1.165, 1.54) is 0 Å². The van der Waals surface area contributed by atoms with Crippen LogP contribution in [0.4, 0.5) is 0 Å². The maximum absolute atomic E-state index is 13.4. The van der Waals surface area contributed by atoms with Crippen molar-refractivity contribution in [1.29, 1.82) is 0 Å². The molecule has 1 aliphatic carbocycles. The molecule has 3 atom stereocenters. The number of para-hydroxylation sites is 1. The molecule has 5 nitrogen and oxygen atoms in total. The van der Waals surface area contributed by atoms with Gasteiger partial charge in [0.25, 0.3) is 0 Å². The van der Waals surface area contributed by atoms with Crippen molar-refractivity contribution in [1.82, 2.24) is 4.90 Å². The van der Waals surface area contributed by atoms with E-state index < -0.39 is 12.0 Å². The highest BCUT2D eigenvalue weighted by Crippen LogP contribution is 2.61. The monoisotopic (exact) mass is 363 g/mol. The second kappa shape index (κ2) is 5.84. The van der Waals surface area contributed by atoms with Crippen LogP contribution in [0.25, 0.3) is 0 Å². The SMILES string of the molecule is O=C(O)C1Cc2ccccc2CN1C(=O)[C@@H]1C[C@]12CCOc1ccccc12. The molecule has 3 aliphatic rings. The topological polar surface area (TPSA) is 66.8 Å². The molecule has 1 saturated carbocycles. The summed E-state index contributed by atoms with van der Waals surface area (Å²) in [6.45, 7) is 0.975. The first-order valence-corrected chi connectivity index (χ1v) is 9.42. The number of carbonyl (C=O) groups is 2. The number of carboxylic acid groups (broad SMARTS) is 1. The molecule has 1 fully saturated rings. The first-order valence-electron chi connectivity index (χ1n) is 9.42. The van der Waals surface area contributed by atoms with E-state index in [2.05, 4.69) is 0 Å². The lowest BCUT2D eigenvalue weighted by atomic mass is 9.86. The molecular weight excluding hydrogens is 342 g/mol. The summed E-state index contributed by atoms with van der Waals surface area (Å²) in [4.78, 5) is 26.8. The van der Waals surface area contributed by atoms with Crippen molar-refractivity contribution in [3.8, 4) is 5.75 Å². The highest BCUT2D eigenvalue weighted by Gasteiger charge is 2.62. The molecule has 5 heteroatoms. The summed E-state index contributed by atoms with van der Waals surface area (Å²) >= 11 is 0. The van der Waals surface area contributed by atoms with Gasteiger partial charge in [-0.2, -0.15) is 0 Å². The van der Waals surface area contributed by atoms with Crippen molar-refractivity contribution in [2.75, 3.05) is 6.61 Å². The molecule has 5 rings (SSSR count). The van der Waals surface area contributed by atoms with Gasteiger partial charge in [-0.15, -0.1) is 0 Å². The van der Waals surface area contributed by atoms with Crippen molar-refractivity contribution < 1.29 is 19.4 Å². The van der Waals surface area contributed by atoms with E-state index in [0.717, 1.165) is 35.3 Å². The predicted octanol–water partition coefficient (Wildman–Crippen LogP) is 2.76. The minimum Gasteiger partial charge on any atom is -0.493 e. The van der Waals surface area contributed by atoms with Gasteiger partial charge in [-0.25, -0.2) is 4.79 Å². The second-order valence-corrected chi connectivity index (χ2v) is 7.80. The maximum atomic E-state index is 13.4. The van der Waals surface area contributed by atoms with Gasteiger partial charge in [-0.05, 0) is 30.0 Å². The fourth-order valence-corrected chi connectivity index (χ4v) is 4.86. The molecule has 2 aliphatic heterocycles. The minimum atomic E-state index is -0.931. The second-order valence-electron chi connectivity index (χ2n) is 7.80. The van der Waals surface area contributed by atoms with Crippen LogP contribution in [0.15, 0.2) is 48.5 Å². The Morgan fingerprint density at radius 3 is 2.63 bits per heavy atom. The van der Waals surface area contributed by atoms with E-state index in [-0.39, 0.29) is 17.2 Å². The summed E-state index contributed by atoms with van der Waals surface area (Å²) in [5.41, 5.74) is 2.98. The third-order valence-electron chi connectivity index (χ3n) is 6.42. The Morgan fingerprint density at radius 1 is 1.07 bits per heavy atom. The van der Waals surface area contributed by atoms with Gasteiger partial charge in [0.2, 0.25) is 5.91 Å². The van der Waals surface area contributed by atoms with E-state index >= 15 is 0 Å². The number of carboxylic acids is 1. The molecule has 2 heterocycles. The highest BCUT2D eigenvalue weighted by atomic mass is 16.5. The standard InChI is InChI=1S/C22H21NO4/c24-20(17-12-22(17)9-10-27-19-8-4-3-7-16(19)22)23-13-15-6-2-1-5-14(15)11-18(23)21(25)26/h1-8,17-18H,9-13H2,(H,25,26)/t17-,18?,22-/m0/s1. The van der Waals surface area contributed by atoms with E-state index in [1.54, 1.807) is 4.90 Å². The lowest BCUT2D eigenvalue weighted by Crippen LogP contribution is -2.50. The van der Waals surface area contributed by atoms with Gasteiger partial charge in [0.15, 0.2) is 0 Å². The third-order valence-corrected chi connectivity index (χ3v) is 6.42. The van der Waals surface area contributed by atoms with Crippen molar-refractivity contribution in [3.63, 3.8) is 0 Å². The van der Waals surface area contributed by atoms with Crippen molar-refractivity contribution in [2.24, 2.45) is 5.92 Å². The fraction of sp³-hybridized carbons (Fsp3) is 0.364. The van der Waals surface area contributed by atoms with E-state index in [1.807, 2.05) is 48.5 Å². The Hall–Kier alpha value is -2.82. The number of aliphatic carboxylic acids is 1. The van der Waals surface area contributed by atoms with Crippen molar-refractivity contribution in [2.45, 2.75) is 37.3 Å². The number of hydrogen-bond donors (Lipinski definition) is 1. The van der Waals surface area contributed by atoms with E-state index in [0.29, 0.717) is 19.6 Å². The summed E-state index contributed by atoms with van der Waals surface area (Å²) < 4.78 is 5.76. The summed E-state index contributed by atoms with van der Waals surface area (Å²) in [5.74, 6) is -0.263. The Balaban J connectivity index is 1.46. The molecule has 27 heavy (non-hydrogen) atoms. The van der Waals surface area contributed by atoms with Crippen molar-refractivity contribution in [3.05, 3.63) is 65.2 Å². The summed E-state index contributed by atoms with van der Waals surface area (Å²) in [6, 6.07) is 14.9. The smallest absolute Gasteiger partial charge is 0.326 e. The molecule has 0 bridgehead atoms. The number of fused-ring (bicyclic) bond motifs is 3. The maximum Gasteiger partial charge on any atom is 0.326 e. The molecule has 1 N–H and O–H groups in total. The minimum absolute atomic E-state index is 0.0337. The van der Waals surface area contributed by atoms with Gasteiger partial charge in [-0.1, -0.05) is 42.5 Å².